The molecule has 2 aromatic carbocycles. The first-order chi connectivity index (χ1) is 9.51. The summed E-state index contributed by atoms with van der Waals surface area (Å²) in [4.78, 5) is 0. The van der Waals surface area contributed by atoms with Gasteiger partial charge in [-0.25, -0.2) is 0 Å². The van der Waals surface area contributed by atoms with E-state index in [0.717, 1.165) is 29.6 Å². The Hall–Kier alpha value is 0.0900. The molecule has 6 heteroatoms. The molecule has 106 valence electrons. The van der Waals surface area contributed by atoms with E-state index in [2.05, 4.69) is 53.2 Å². The average Bonchev–Trinajstić information content (AvgIpc) is 2.39. The molecular formula is C14H12Br3ClN2. The van der Waals surface area contributed by atoms with E-state index in [1.807, 2.05) is 36.4 Å². The van der Waals surface area contributed by atoms with Gasteiger partial charge in [-0.15, -0.1) is 0 Å². The van der Waals surface area contributed by atoms with Gasteiger partial charge in [-0.05, 0) is 41.8 Å². The van der Waals surface area contributed by atoms with E-state index in [1.54, 1.807) is 0 Å². The van der Waals surface area contributed by atoms with Crippen LogP contribution >= 0.6 is 59.4 Å². The highest BCUT2D eigenvalue weighted by atomic mass is 79.9. The second kappa shape index (κ2) is 7.38. The number of rotatable bonds is 4. The molecule has 0 aromatic heterocycles. The van der Waals surface area contributed by atoms with Gasteiger partial charge in [0.1, 0.15) is 0 Å². The summed E-state index contributed by atoms with van der Waals surface area (Å²) >= 11 is 16.7. The molecule has 0 spiro atoms. The van der Waals surface area contributed by atoms with E-state index < -0.39 is 0 Å². The molecule has 1 atom stereocenters. The highest BCUT2D eigenvalue weighted by Crippen LogP contribution is 2.31. The Labute approximate surface area is 148 Å². The summed E-state index contributed by atoms with van der Waals surface area (Å²) in [6.07, 6.45) is 0.711. The summed E-state index contributed by atoms with van der Waals surface area (Å²) in [6, 6.07) is 11.9. The first-order valence-corrected chi connectivity index (χ1v) is 8.62. The quantitative estimate of drug-likeness (QED) is 0.453. The molecule has 0 radical (unpaired) electrons. The molecule has 0 saturated carbocycles. The molecule has 0 aliphatic heterocycles. The summed E-state index contributed by atoms with van der Waals surface area (Å²) in [5, 5.41) is 0.729. The highest BCUT2D eigenvalue weighted by molar-refractivity contribution is 9.11. The third-order valence-corrected chi connectivity index (χ3v) is 5.00. The zero-order valence-corrected chi connectivity index (χ0v) is 15.9. The van der Waals surface area contributed by atoms with Crippen LogP contribution in [0, 0.1) is 0 Å². The first kappa shape index (κ1) is 16.5. The van der Waals surface area contributed by atoms with E-state index in [-0.39, 0.29) is 6.04 Å². The Morgan fingerprint density at radius 3 is 2.30 bits per heavy atom. The van der Waals surface area contributed by atoms with Crippen molar-refractivity contribution < 1.29 is 0 Å². The third-order valence-electron chi connectivity index (χ3n) is 2.98. The van der Waals surface area contributed by atoms with Crippen molar-refractivity contribution in [2.45, 2.75) is 12.5 Å². The maximum absolute atomic E-state index is 6.27. The molecule has 0 heterocycles. The van der Waals surface area contributed by atoms with Crippen LogP contribution in [0.1, 0.15) is 17.2 Å². The van der Waals surface area contributed by atoms with Gasteiger partial charge in [0, 0.05) is 18.4 Å². The topological polar surface area (TPSA) is 38.0 Å². The summed E-state index contributed by atoms with van der Waals surface area (Å²) in [6.45, 7) is 0. The SMILES string of the molecule is NNC(Cc1ccc(Br)cc1Cl)c1ccc(Br)cc1Br. The lowest BCUT2D eigenvalue weighted by Crippen LogP contribution is -2.30. The molecule has 0 fully saturated rings. The first-order valence-electron chi connectivity index (χ1n) is 5.86. The van der Waals surface area contributed by atoms with Gasteiger partial charge >= 0.3 is 0 Å². The predicted octanol–water partition coefficient (Wildman–Crippen LogP) is 5.37. The molecule has 2 rings (SSSR count). The zero-order chi connectivity index (χ0) is 14.7. The lowest BCUT2D eigenvalue weighted by atomic mass is 9.99. The largest absolute Gasteiger partial charge is 0.271 e. The van der Waals surface area contributed by atoms with E-state index >= 15 is 0 Å². The standard InChI is InChI=1S/C14H12Br3ClN2/c15-9-3-4-11(12(17)6-9)14(20-19)5-8-1-2-10(16)7-13(8)18/h1-4,6-7,14,20H,5,19H2. The molecule has 0 saturated heterocycles. The summed E-state index contributed by atoms with van der Waals surface area (Å²) in [5.74, 6) is 5.70. The van der Waals surface area contributed by atoms with Crippen LogP contribution in [0.5, 0.6) is 0 Å². The average molecular weight is 483 g/mol. The van der Waals surface area contributed by atoms with Crippen LogP contribution < -0.4 is 11.3 Å². The van der Waals surface area contributed by atoms with Gasteiger partial charge in [0.2, 0.25) is 0 Å². The Kier molecular flexibility index (Phi) is 6.08. The van der Waals surface area contributed by atoms with Crippen molar-refractivity contribution in [3.8, 4) is 0 Å². The fraction of sp³-hybridized carbons (Fsp3) is 0.143. The lowest BCUT2D eigenvalue weighted by Gasteiger charge is -2.19. The molecule has 2 aromatic rings. The van der Waals surface area contributed by atoms with E-state index in [0.29, 0.717) is 6.42 Å². The molecule has 0 amide bonds. The molecule has 20 heavy (non-hydrogen) atoms. The van der Waals surface area contributed by atoms with Gasteiger partial charge in [0.05, 0.1) is 6.04 Å². The number of halogens is 4. The Bertz CT molecular complexity index is 619. The van der Waals surface area contributed by atoms with Crippen LogP contribution in [0.2, 0.25) is 5.02 Å². The summed E-state index contributed by atoms with van der Waals surface area (Å²) in [5.41, 5.74) is 4.99. The number of benzene rings is 2. The molecule has 1 unspecified atom stereocenters. The van der Waals surface area contributed by atoms with E-state index in [4.69, 9.17) is 17.4 Å². The minimum Gasteiger partial charge on any atom is -0.271 e. The van der Waals surface area contributed by atoms with Crippen LogP contribution in [0.25, 0.3) is 0 Å². The molecule has 3 N–H and O–H groups in total. The van der Waals surface area contributed by atoms with Crippen molar-refractivity contribution >= 4 is 59.4 Å². The normalized spacial score (nSPS) is 12.4. The number of hydrogen-bond donors (Lipinski definition) is 2. The van der Waals surface area contributed by atoms with Crippen LogP contribution in [-0.4, -0.2) is 0 Å². The van der Waals surface area contributed by atoms with E-state index in [9.17, 15) is 0 Å². The highest BCUT2D eigenvalue weighted by Gasteiger charge is 2.15. The second-order valence-corrected chi connectivity index (χ2v) is 7.42. The van der Waals surface area contributed by atoms with Crippen molar-refractivity contribution in [2.75, 3.05) is 0 Å². The van der Waals surface area contributed by atoms with Gasteiger partial charge in [-0.1, -0.05) is 71.5 Å². The van der Waals surface area contributed by atoms with Gasteiger partial charge in [-0.2, -0.15) is 0 Å². The van der Waals surface area contributed by atoms with Crippen molar-refractivity contribution in [1.29, 1.82) is 0 Å². The van der Waals surface area contributed by atoms with Gasteiger partial charge in [0.15, 0.2) is 0 Å². The minimum atomic E-state index is -0.0175. The molecule has 2 nitrogen and oxygen atoms in total. The van der Waals surface area contributed by atoms with Crippen LogP contribution in [0.3, 0.4) is 0 Å². The molecule has 0 bridgehead atoms. The van der Waals surface area contributed by atoms with E-state index in [1.165, 1.54) is 0 Å². The zero-order valence-electron chi connectivity index (χ0n) is 10.3. The van der Waals surface area contributed by atoms with Gasteiger partial charge in [-0.3, -0.25) is 11.3 Å². The molecule has 0 aliphatic carbocycles. The maximum atomic E-state index is 6.27. The predicted molar refractivity (Wildman–Crippen MR) is 94.8 cm³/mol. The summed E-state index contributed by atoms with van der Waals surface area (Å²) in [7, 11) is 0. The van der Waals surface area contributed by atoms with Crippen LogP contribution in [0.15, 0.2) is 49.8 Å². The van der Waals surface area contributed by atoms with Gasteiger partial charge < -0.3 is 0 Å². The Balaban J connectivity index is 2.28. The Morgan fingerprint density at radius 1 is 1.05 bits per heavy atom. The lowest BCUT2D eigenvalue weighted by molar-refractivity contribution is 0.550. The van der Waals surface area contributed by atoms with Gasteiger partial charge in [0.25, 0.3) is 0 Å². The van der Waals surface area contributed by atoms with Crippen molar-refractivity contribution in [3.63, 3.8) is 0 Å². The summed E-state index contributed by atoms with van der Waals surface area (Å²) < 4.78 is 2.99. The fourth-order valence-corrected chi connectivity index (χ4v) is 4.02. The van der Waals surface area contributed by atoms with Crippen molar-refractivity contribution in [2.24, 2.45) is 5.84 Å². The molecule has 0 aliphatic rings. The number of nitrogens with two attached hydrogens (primary N) is 1. The van der Waals surface area contributed by atoms with Crippen LogP contribution in [-0.2, 0) is 6.42 Å². The number of hydrogen-bond acceptors (Lipinski definition) is 2. The third kappa shape index (κ3) is 4.06. The minimum absolute atomic E-state index is 0.0175. The number of nitrogens with one attached hydrogen (secondary N) is 1. The smallest absolute Gasteiger partial charge is 0.0512 e. The van der Waals surface area contributed by atoms with Crippen molar-refractivity contribution in [1.82, 2.24) is 5.43 Å². The van der Waals surface area contributed by atoms with Crippen molar-refractivity contribution in [3.05, 3.63) is 66.0 Å². The maximum Gasteiger partial charge on any atom is 0.0512 e. The monoisotopic (exact) mass is 480 g/mol. The number of hydrazine groups is 1. The molecular weight excluding hydrogens is 471 g/mol. The Morgan fingerprint density at radius 2 is 1.70 bits per heavy atom. The fourth-order valence-electron chi connectivity index (χ4n) is 1.95. The van der Waals surface area contributed by atoms with Crippen LogP contribution in [0.4, 0.5) is 0 Å². The second-order valence-electron chi connectivity index (χ2n) is 4.32.